The molecule has 1 saturated heterocycles. The summed E-state index contributed by atoms with van der Waals surface area (Å²) in [6, 6.07) is 15.6. The summed E-state index contributed by atoms with van der Waals surface area (Å²) in [6.45, 7) is 2.37. The molecule has 0 spiro atoms. The lowest BCUT2D eigenvalue weighted by Crippen LogP contribution is -2.42. The fraction of sp³-hybridized carbons (Fsp3) is 0.304. The third kappa shape index (κ3) is 4.26. The average molecular weight is 440 g/mol. The van der Waals surface area contributed by atoms with Crippen LogP contribution in [0.5, 0.6) is 5.75 Å². The lowest BCUT2D eigenvalue weighted by molar-refractivity contribution is 0.102. The van der Waals surface area contributed by atoms with Crippen molar-refractivity contribution < 1.29 is 17.9 Å². The van der Waals surface area contributed by atoms with Gasteiger partial charge in [0.2, 0.25) is 10.0 Å². The first-order valence-electron chi connectivity index (χ1n) is 10.3. The number of fused-ring (bicyclic) bond motifs is 1. The van der Waals surface area contributed by atoms with E-state index in [0.29, 0.717) is 12.4 Å². The number of rotatable bonds is 5. The van der Waals surface area contributed by atoms with Gasteiger partial charge in [0.25, 0.3) is 5.91 Å². The third-order valence-electron chi connectivity index (χ3n) is 5.59. The fourth-order valence-corrected chi connectivity index (χ4v) is 5.78. The predicted octanol–water partition coefficient (Wildman–Crippen LogP) is 4.06. The Morgan fingerprint density at radius 1 is 1.13 bits per heavy atom. The van der Waals surface area contributed by atoms with E-state index in [-0.39, 0.29) is 22.3 Å². The highest BCUT2D eigenvalue weighted by molar-refractivity contribution is 7.89. The molecule has 1 aromatic heterocycles. The first-order valence-corrected chi connectivity index (χ1v) is 11.7. The predicted molar refractivity (Wildman–Crippen MR) is 120 cm³/mol. The summed E-state index contributed by atoms with van der Waals surface area (Å²) in [4.78, 5) is 17.3. The molecule has 0 unspecified atom stereocenters. The molecule has 1 N–H and O–H groups in total. The van der Waals surface area contributed by atoms with E-state index >= 15 is 0 Å². The van der Waals surface area contributed by atoms with Gasteiger partial charge in [-0.25, -0.2) is 13.4 Å². The van der Waals surface area contributed by atoms with E-state index in [9.17, 15) is 13.2 Å². The van der Waals surface area contributed by atoms with Crippen LogP contribution in [0.25, 0.3) is 10.9 Å². The molecule has 1 aliphatic rings. The Morgan fingerprint density at radius 2 is 1.94 bits per heavy atom. The second kappa shape index (κ2) is 8.64. The maximum absolute atomic E-state index is 13.4. The number of pyridine rings is 1. The van der Waals surface area contributed by atoms with Crippen molar-refractivity contribution in [2.45, 2.75) is 37.1 Å². The standard InChI is InChI=1S/C23H25N3O4S/c1-16-7-5-6-14-26(16)31(28,29)21-15-18(10-12-20(21)30-2)23(27)25-22-13-11-17-8-3-4-9-19(17)24-22/h3-4,8-13,15-16H,5-7,14H2,1-2H3,(H,24,25,27)/t16-/m1/s1. The van der Waals surface area contributed by atoms with Crippen molar-refractivity contribution in [3.8, 4) is 5.75 Å². The first kappa shape index (κ1) is 21.3. The molecule has 4 rings (SSSR count). The smallest absolute Gasteiger partial charge is 0.256 e. The van der Waals surface area contributed by atoms with E-state index in [0.717, 1.165) is 30.2 Å². The van der Waals surface area contributed by atoms with Gasteiger partial charge in [-0.05, 0) is 56.2 Å². The molecule has 0 radical (unpaired) electrons. The Kier molecular flexibility index (Phi) is 5.93. The molecule has 2 heterocycles. The minimum absolute atomic E-state index is 0.00266. The van der Waals surface area contributed by atoms with Crippen LogP contribution in [0, 0.1) is 0 Å². The minimum atomic E-state index is -3.80. The van der Waals surface area contributed by atoms with Crippen molar-refractivity contribution in [3.63, 3.8) is 0 Å². The Labute approximate surface area is 182 Å². The number of carbonyl (C=O) groups is 1. The van der Waals surface area contributed by atoms with Crippen LogP contribution in [0.15, 0.2) is 59.5 Å². The summed E-state index contributed by atoms with van der Waals surface area (Å²) >= 11 is 0. The number of sulfonamides is 1. The number of hydrogen-bond donors (Lipinski definition) is 1. The summed E-state index contributed by atoms with van der Waals surface area (Å²) in [5, 5.41) is 3.72. The number of carbonyl (C=O) groups excluding carboxylic acids is 1. The number of anilines is 1. The minimum Gasteiger partial charge on any atom is -0.495 e. The molecule has 2 aromatic carbocycles. The number of hydrogen-bond acceptors (Lipinski definition) is 5. The van der Waals surface area contributed by atoms with E-state index in [1.165, 1.54) is 23.5 Å². The van der Waals surface area contributed by atoms with Gasteiger partial charge in [0, 0.05) is 23.5 Å². The van der Waals surface area contributed by atoms with Crippen LogP contribution in [0.4, 0.5) is 5.82 Å². The number of nitrogens with zero attached hydrogens (tertiary/aromatic N) is 2. The largest absolute Gasteiger partial charge is 0.495 e. The van der Waals surface area contributed by atoms with Gasteiger partial charge in [-0.2, -0.15) is 4.31 Å². The molecular formula is C23H25N3O4S. The molecule has 162 valence electrons. The van der Waals surface area contributed by atoms with E-state index < -0.39 is 15.9 Å². The van der Waals surface area contributed by atoms with Crippen molar-refractivity contribution in [1.29, 1.82) is 0 Å². The van der Waals surface area contributed by atoms with E-state index in [1.54, 1.807) is 12.1 Å². The lowest BCUT2D eigenvalue weighted by Gasteiger charge is -2.32. The van der Waals surface area contributed by atoms with Crippen LogP contribution in [-0.4, -0.2) is 43.3 Å². The second-order valence-corrected chi connectivity index (χ2v) is 9.53. The van der Waals surface area contributed by atoms with Crippen molar-refractivity contribution >= 4 is 32.7 Å². The molecular weight excluding hydrogens is 414 g/mol. The van der Waals surface area contributed by atoms with Crippen LogP contribution >= 0.6 is 0 Å². The molecule has 31 heavy (non-hydrogen) atoms. The van der Waals surface area contributed by atoms with E-state index in [4.69, 9.17) is 4.74 Å². The maximum Gasteiger partial charge on any atom is 0.256 e. The van der Waals surface area contributed by atoms with Crippen LogP contribution in [0.2, 0.25) is 0 Å². The Bertz CT molecular complexity index is 1230. The second-order valence-electron chi connectivity index (χ2n) is 7.67. The summed E-state index contributed by atoms with van der Waals surface area (Å²) in [6.07, 6.45) is 2.64. The number of para-hydroxylation sites is 1. The van der Waals surface area contributed by atoms with Crippen molar-refractivity contribution in [2.24, 2.45) is 0 Å². The van der Waals surface area contributed by atoms with Gasteiger partial charge in [0.05, 0.1) is 12.6 Å². The maximum atomic E-state index is 13.4. The Hall–Kier alpha value is -2.97. The normalized spacial score (nSPS) is 17.4. The zero-order chi connectivity index (χ0) is 22.0. The van der Waals surface area contributed by atoms with E-state index in [2.05, 4.69) is 10.3 Å². The zero-order valence-corrected chi connectivity index (χ0v) is 18.4. The van der Waals surface area contributed by atoms with Gasteiger partial charge in [-0.3, -0.25) is 4.79 Å². The van der Waals surface area contributed by atoms with Gasteiger partial charge in [0.1, 0.15) is 16.5 Å². The van der Waals surface area contributed by atoms with Crippen LogP contribution in [-0.2, 0) is 10.0 Å². The van der Waals surface area contributed by atoms with Crippen molar-refractivity contribution in [3.05, 3.63) is 60.2 Å². The topological polar surface area (TPSA) is 88.6 Å². The number of benzene rings is 2. The van der Waals surface area contributed by atoms with Gasteiger partial charge < -0.3 is 10.1 Å². The summed E-state index contributed by atoms with van der Waals surface area (Å²) in [5.74, 6) is 0.181. The molecule has 0 aliphatic carbocycles. The van der Waals surface area contributed by atoms with Gasteiger partial charge >= 0.3 is 0 Å². The van der Waals surface area contributed by atoms with Crippen LogP contribution < -0.4 is 10.1 Å². The van der Waals surface area contributed by atoms with Gasteiger partial charge in [-0.1, -0.05) is 24.6 Å². The quantitative estimate of drug-likeness (QED) is 0.648. The van der Waals surface area contributed by atoms with E-state index in [1.807, 2.05) is 37.3 Å². The third-order valence-corrected chi connectivity index (χ3v) is 7.63. The Morgan fingerprint density at radius 3 is 2.71 bits per heavy atom. The molecule has 1 fully saturated rings. The summed E-state index contributed by atoms with van der Waals surface area (Å²) in [5.41, 5.74) is 0.983. The molecule has 0 bridgehead atoms. The highest BCUT2D eigenvalue weighted by Gasteiger charge is 2.33. The van der Waals surface area contributed by atoms with Crippen LogP contribution in [0.3, 0.4) is 0 Å². The molecule has 7 nitrogen and oxygen atoms in total. The molecule has 1 atom stereocenters. The number of piperidine rings is 1. The van der Waals surface area contributed by atoms with Crippen molar-refractivity contribution in [2.75, 3.05) is 19.0 Å². The van der Waals surface area contributed by atoms with Crippen molar-refractivity contribution in [1.82, 2.24) is 9.29 Å². The van der Waals surface area contributed by atoms with Gasteiger partial charge in [0.15, 0.2) is 0 Å². The average Bonchev–Trinajstić information content (AvgIpc) is 2.78. The number of amides is 1. The molecule has 3 aromatic rings. The lowest BCUT2D eigenvalue weighted by atomic mass is 10.1. The van der Waals surface area contributed by atoms with Gasteiger partial charge in [-0.15, -0.1) is 0 Å². The molecule has 1 aliphatic heterocycles. The number of aromatic nitrogens is 1. The first-order chi connectivity index (χ1) is 14.9. The monoisotopic (exact) mass is 439 g/mol. The zero-order valence-electron chi connectivity index (χ0n) is 17.5. The molecule has 1 amide bonds. The highest BCUT2D eigenvalue weighted by atomic mass is 32.2. The molecule has 0 saturated carbocycles. The number of methoxy groups -OCH3 is 1. The fourth-order valence-electron chi connectivity index (χ4n) is 3.90. The number of nitrogens with one attached hydrogen (secondary N) is 1. The molecule has 8 heteroatoms. The summed E-state index contributed by atoms with van der Waals surface area (Å²) < 4.78 is 33.5. The summed E-state index contributed by atoms with van der Waals surface area (Å²) in [7, 11) is -2.38. The number of ether oxygens (including phenoxy) is 1. The SMILES string of the molecule is COc1ccc(C(=O)Nc2ccc3ccccc3n2)cc1S(=O)(=O)N1CCCC[C@H]1C. The van der Waals surface area contributed by atoms with Crippen LogP contribution in [0.1, 0.15) is 36.5 Å². The Balaban J connectivity index is 1.65. The highest BCUT2D eigenvalue weighted by Crippen LogP contribution is 2.32.